The molecule has 0 saturated carbocycles. The maximum absolute atomic E-state index is 4.42. The van der Waals surface area contributed by atoms with Gasteiger partial charge in [0.05, 0.1) is 0 Å². The molecule has 0 aliphatic carbocycles. The van der Waals surface area contributed by atoms with Crippen molar-refractivity contribution in [2.75, 3.05) is 46.2 Å². The molecule has 0 amide bonds. The van der Waals surface area contributed by atoms with E-state index in [1.807, 2.05) is 13.2 Å². The van der Waals surface area contributed by atoms with Crippen molar-refractivity contribution < 1.29 is 0 Å². The monoisotopic (exact) mass is 242 g/mol. The van der Waals surface area contributed by atoms with E-state index in [2.05, 4.69) is 41.2 Å². The summed E-state index contributed by atoms with van der Waals surface area (Å²) in [5, 5.41) is 4.25. The molecule has 0 unspecified atom stereocenters. The van der Waals surface area contributed by atoms with Gasteiger partial charge in [0, 0.05) is 31.2 Å². The highest BCUT2D eigenvalue weighted by molar-refractivity contribution is 7.15. The molecule has 1 aromatic heterocycles. The number of hydrogen-bond donors (Lipinski definition) is 1. The summed E-state index contributed by atoms with van der Waals surface area (Å²) in [4.78, 5) is 10.2. The Morgan fingerprint density at radius 1 is 1.31 bits per heavy atom. The fraction of sp³-hybridized carbons (Fsp3) is 0.727. The zero-order chi connectivity index (χ0) is 12.0. The van der Waals surface area contributed by atoms with E-state index in [9.17, 15) is 0 Å². The number of nitrogens with zero attached hydrogens (tertiary/aromatic N) is 3. The van der Waals surface area contributed by atoms with Crippen LogP contribution in [0.15, 0.2) is 6.20 Å². The number of anilines is 1. The Labute approximate surface area is 102 Å². The van der Waals surface area contributed by atoms with Gasteiger partial charge in [-0.3, -0.25) is 0 Å². The highest BCUT2D eigenvalue weighted by Crippen LogP contribution is 2.21. The van der Waals surface area contributed by atoms with Gasteiger partial charge < -0.3 is 15.1 Å². The number of nitrogens with one attached hydrogen (secondary N) is 1. The molecule has 0 fully saturated rings. The van der Waals surface area contributed by atoms with Gasteiger partial charge in [-0.15, -0.1) is 11.3 Å². The fourth-order valence-corrected chi connectivity index (χ4v) is 2.36. The van der Waals surface area contributed by atoms with E-state index in [0.717, 1.165) is 24.8 Å². The van der Waals surface area contributed by atoms with Gasteiger partial charge in [0.2, 0.25) is 0 Å². The van der Waals surface area contributed by atoms with Crippen molar-refractivity contribution in [3.63, 3.8) is 0 Å². The lowest BCUT2D eigenvalue weighted by molar-refractivity contribution is 0.401. The van der Waals surface area contributed by atoms with Gasteiger partial charge in [-0.25, -0.2) is 4.98 Å². The third kappa shape index (κ3) is 4.47. The summed E-state index contributed by atoms with van der Waals surface area (Å²) in [5.74, 6) is 0. The molecule has 5 heteroatoms. The molecule has 0 spiro atoms. The Bertz CT molecular complexity index is 298. The summed E-state index contributed by atoms with van der Waals surface area (Å²) in [5.41, 5.74) is 0. The molecule has 1 aromatic rings. The van der Waals surface area contributed by atoms with Gasteiger partial charge in [0.25, 0.3) is 0 Å². The topological polar surface area (TPSA) is 31.4 Å². The molecule has 0 radical (unpaired) electrons. The normalized spacial score (nSPS) is 11.1. The molecule has 0 saturated heterocycles. The van der Waals surface area contributed by atoms with E-state index >= 15 is 0 Å². The smallest absolute Gasteiger partial charge is 0.185 e. The summed E-state index contributed by atoms with van der Waals surface area (Å²) >= 11 is 1.76. The van der Waals surface area contributed by atoms with Gasteiger partial charge in [-0.1, -0.05) is 0 Å². The van der Waals surface area contributed by atoms with E-state index in [1.165, 1.54) is 11.3 Å². The van der Waals surface area contributed by atoms with E-state index in [4.69, 9.17) is 0 Å². The van der Waals surface area contributed by atoms with Crippen molar-refractivity contribution in [2.24, 2.45) is 0 Å². The van der Waals surface area contributed by atoms with Crippen LogP contribution in [-0.2, 0) is 6.54 Å². The molecule has 0 aliphatic rings. The molecule has 4 nitrogen and oxygen atoms in total. The van der Waals surface area contributed by atoms with Crippen molar-refractivity contribution >= 4 is 16.5 Å². The van der Waals surface area contributed by atoms with Gasteiger partial charge in [0.15, 0.2) is 5.13 Å². The molecule has 0 aliphatic heterocycles. The predicted molar refractivity (Wildman–Crippen MR) is 71.3 cm³/mol. The molecule has 1 heterocycles. The maximum Gasteiger partial charge on any atom is 0.185 e. The molecule has 16 heavy (non-hydrogen) atoms. The van der Waals surface area contributed by atoms with Crippen molar-refractivity contribution in [1.82, 2.24) is 15.2 Å². The van der Waals surface area contributed by atoms with Gasteiger partial charge in [-0.05, 0) is 34.1 Å². The third-order valence-corrected chi connectivity index (χ3v) is 3.43. The van der Waals surface area contributed by atoms with Gasteiger partial charge >= 0.3 is 0 Å². The lowest BCUT2D eigenvalue weighted by Crippen LogP contribution is -2.23. The first kappa shape index (κ1) is 13.4. The second-order valence-electron chi connectivity index (χ2n) is 4.22. The van der Waals surface area contributed by atoms with E-state index in [0.29, 0.717) is 0 Å². The number of aromatic nitrogens is 1. The molecule has 0 bridgehead atoms. The molecule has 92 valence electrons. The van der Waals surface area contributed by atoms with Crippen LogP contribution in [-0.4, -0.2) is 51.2 Å². The summed E-state index contributed by atoms with van der Waals surface area (Å²) in [6.45, 7) is 3.09. The van der Waals surface area contributed by atoms with E-state index in [-0.39, 0.29) is 0 Å². The highest BCUT2D eigenvalue weighted by Gasteiger charge is 2.06. The minimum Gasteiger partial charge on any atom is -0.351 e. The molecule has 0 aromatic carbocycles. The van der Waals surface area contributed by atoms with Crippen LogP contribution in [0.25, 0.3) is 0 Å². The minimum absolute atomic E-state index is 0.906. The Morgan fingerprint density at radius 3 is 2.69 bits per heavy atom. The largest absolute Gasteiger partial charge is 0.351 e. The van der Waals surface area contributed by atoms with Crippen LogP contribution in [0.3, 0.4) is 0 Å². The first-order chi connectivity index (χ1) is 7.63. The zero-order valence-electron chi connectivity index (χ0n) is 10.7. The number of thiazole rings is 1. The summed E-state index contributed by atoms with van der Waals surface area (Å²) in [6, 6.07) is 0. The summed E-state index contributed by atoms with van der Waals surface area (Å²) in [6.07, 6.45) is 3.13. The first-order valence-electron chi connectivity index (χ1n) is 5.58. The van der Waals surface area contributed by atoms with Crippen LogP contribution in [0.1, 0.15) is 11.3 Å². The average molecular weight is 242 g/mol. The van der Waals surface area contributed by atoms with Crippen LogP contribution >= 0.6 is 11.3 Å². The third-order valence-electron chi connectivity index (χ3n) is 2.32. The van der Waals surface area contributed by atoms with Crippen LogP contribution in [0.5, 0.6) is 0 Å². The first-order valence-corrected chi connectivity index (χ1v) is 6.40. The fourth-order valence-electron chi connectivity index (χ4n) is 1.45. The van der Waals surface area contributed by atoms with Crippen molar-refractivity contribution in [2.45, 2.75) is 13.0 Å². The molecule has 1 N–H and O–H groups in total. The highest BCUT2D eigenvalue weighted by atomic mass is 32.1. The van der Waals surface area contributed by atoms with Crippen molar-refractivity contribution in [1.29, 1.82) is 0 Å². The lowest BCUT2D eigenvalue weighted by Gasteiger charge is -2.17. The van der Waals surface area contributed by atoms with E-state index in [1.54, 1.807) is 11.3 Å². The Kier molecular flexibility index (Phi) is 5.73. The van der Waals surface area contributed by atoms with Gasteiger partial charge in [0.1, 0.15) is 0 Å². The Balaban J connectivity index is 2.36. The molecular formula is C11H22N4S. The van der Waals surface area contributed by atoms with Crippen LogP contribution in [0.4, 0.5) is 5.13 Å². The standard InChI is InChI=1S/C11H22N4S/c1-12-8-10-9-13-11(16-10)15(4)7-5-6-14(2)3/h9,12H,5-8H2,1-4H3. The number of rotatable bonds is 7. The summed E-state index contributed by atoms with van der Waals surface area (Å²) in [7, 11) is 8.28. The predicted octanol–water partition coefficient (Wildman–Crippen LogP) is 1.25. The molecule has 0 atom stereocenters. The average Bonchev–Trinajstić information content (AvgIpc) is 2.66. The summed E-state index contributed by atoms with van der Waals surface area (Å²) < 4.78 is 0. The van der Waals surface area contributed by atoms with Crippen LogP contribution in [0.2, 0.25) is 0 Å². The maximum atomic E-state index is 4.42. The van der Waals surface area contributed by atoms with Crippen LogP contribution < -0.4 is 10.2 Å². The molecular weight excluding hydrogens is 220 g/mol. The Morgan fingerprint density at radius 2 is 2.06 bits per heavy atom. The second kappa shape index (κ2) is 6.83. The van der Waals surface area contributed by atoms with Crippen LogP contribution in [0, 0.1) is 0 Å². The van der Waals surface area contributed by atoms with Gasteiger partial charge in [-0.2, -0.15) is 0 Å². The van der Waals surface area contributed by atoms with Crippen molar-refractivity contribution in [3.05, 3.63) is 11.1 Å². The SMILES string of the molecule is CNCc1cnc(N(C)CCCN(C)C)s1. The quantitative estimate of drug-likeness (QED) is 0.780. The molecule has 1 rings (SSSR count). The second-order valence-corrected chi connectivity index (χ2v) is 5.31. The van der Waals surface area contributed by atoms with Crippen molar-refractivity contribution in [3.8, 4) is 0 Å². The Hall–Kier alpha value is -0.650. The number of hydrogen-bond acceptors (Lipinski definition) is 5. The zero-order valence-corrected chi connectivity index (χ0v) is 11.5. The lowest BCUT2D eigenvalue weighted by atomic mass is 10.4. The van der Waals surface area contributed by atoms with E-state index < -0.39 is 0 Å². The minimum atomic E-state index is 0.906.